The molecule has 1 aliphatic heterocycles. The molecule has 3 rings (SSSR count). The van der Waals surface area contributed by atoms with Crippen molar-refractivity contribution in [3.63, 3.8) is 0 Å². The van der Waals surface area contributed by atoms with Crippen molar-refractivity contribution < 1.29 is 24.2 Å². The Balaban J connectivity index is 1.42. The molecule has 9 heteroatoms. The summed E-state index contributed by atoms with van der Waals surface area (Å²) in [6.07, 6.45) is -0.764. The molecule has 2 N–H and O–H groups in total. The summed E-state index contributed by atoms with van der Waals surface area (Å²) >= 11 is 6.00. The lowest BCUT2D eigenvalue weighted by Gasteiger charge is -2.18. The van der Waals surface area contributed by atoms with Crippen molar-refractivity contribution in [1.29, 1.82) is 0 Å². The van der Waals surface area contributed by atoms with E-state index in [9.17, 15) is 14.7 Å². The number of urea groups is 1. The second-order valence-electron chi connectivity index (χ2n) is 6.71. The monoisotopic (exact) mass is 433 g/mol. The summed E-state index contributed by atoms with van der Waals surface area (Å²) < 4.78 is 10.7. The molecule has 0 radical (unpaired) electrons. The number of carbonyl (C=O) groups is 2. The first-order chi connectivity index (χ1) is 14.5. The molecule has 1 fully saturated rings. The highest BCUT2D eigenvalue weighted by molar-refractivity contribution is 6.32. The van der Waals surface area contributed by atoms with Crippen molar-refractivity contribution in [2.75, 3.05) is 44.8 Å². The molecule has 0 aliphatic carbocycles. The van der Waals surface area contributed by atoms with Gasteiger partial charge < -0.3 is 19.9 Å². The number of nitrogens with one attached hydrogen (secondary N) is 1. The molecule has 0 spiro atoms. The number of aliphatic hydroxyl groups excluding tert-OH is 1. The van der Waals surface area contributed by atoms with Crippen LogP contribution in [0.1, 0.15) is 0 Å². The number of aliphatic hydroxyl groups is 1. The zero-order valence-corrected chi connectivity index (χ0v) is 17.3. The fourth-order valence-corrected chi connectivity index (χ4v) is 3.20. The van der Waals surface area contributed by atoms with Gasteiger partial charge in [0.15, 0.2) is 0 Å². The molecule has 0 saturated carbocycles. The Labute approximate surface area is 179 Å². The lowest BCUT2D eigenvalue weighted by atomic mass is 10.3. The minimum atomic E-state index is -0.764. The molecule has 1 aliphatic rings. The van der Waals surface area contributed by atoms with E-state index in [1.807, 2.05) is 0 Å². The Kier molecular flexibility index (Phi) is 7.51. The number of anilines is 1. The van der Waals surface area contributed by atoms with Gasteiger partial charge >= 0.3 is 6.03 Å². The van der Waals surface area contributed by atoms with Gasteiger partial charge in [0.2, 0.25) is 0 Å². The van der Waals surface area contributed by atoms with Gasteiger partial charge in [-0.15, -0.1) is 0 Å². The zero-order valence-electron chi connectivity index (χ0n) is 16.6. The van der Waals surface area contributed by atoms with E-state index in [-0.39, 0.29) is 38.2 Å². The van der Waals surface area contributed by atoms with E-state index < -0.39 is 6.10 Å². The number of methoxy groups -OCH3 is 1. The minimum absolute atomic E-state index is 0.0136. The van der Waals surface area contributed by atoms with Gasteiger partial charge in [0.05, 0.1) is 12.1 Å². The first kappa shape index (κ1) is 21.9. The summed E-state index contributed by atoms with van der Waals surface area (Å²) in [5, 5.41) is 13.5. The normalized spacial score (nSPS) is 14.9. The molecule has 1 unspecified atom stereocenters. The highest BCUT2D eigenvalue weighted by atomic mass is 35.5. The Morgan fingerprint density at radius 1 is 1.20 bits per heavy atom. The average Bonchev–Trinajstić information content (AvgIpc) is 3.04. The van der Waals surface area contributed by atoms with Crippen LogP contribution in [-0.2, 0) is 4.79 Å². The third-order valence-corrected chi connectivity index (χ3v) is 4.89. The molecule has 3 amide bonds. The molecule has 0 bridgehead atoms. The van der Waals surface area contributed by atoms with Gasteiger partial charge in [0.25, 0.3) is 5.91 Å². The third kappa shape index (κ3) is 5.41. The zero-order chi connectivity index (χ0) is 21.5. The highest BCUT2D eigenvalue weighted by Crippen LogP contribution is 2.25. The van der Waals surface area contributed by atoms with Crippen LogP contribution in [0.2, 0.25) is 5.02 Å². The number of nitrogens with zero attached hydrogens (tertiary/aromatic N) is 2. The summed E-state index contributed by atoms with van der Waals surface area (Å²) in [5.74, 6) is 0.845. The lowest BCUT2D eigenvalue weighted by molar-refractivity contribution is -0.124. The van der Waals surface area contributed by atoms with Gasteiger partial charge in [-0.1, -0.05) is 29.8 Å². The summed E-state index contributed by atoms with van der Waals surface area (Å²) in [6.45, 7) is 0.866. The molecular weight excluding hydrogens is 410 g/mol. The van der Waals surface area contributed by atoms with E-state index in [4.69, 9.17) is 21.1 Å². The largest absolute Gasteiger partial charge is 0.497 e. The Morgan fingerprint density at radius 2 is 2.00 bits per heavy atom. The van der Waals surface area contributed by atoms with Gasteiger partial charge in [-0.3, -0.25) is 14.6 Å². The van der Waals surface area contributed by atoms with Crippen LogP contribution < -0.4 is 19.7 Å². The molecule has 1 saturated heterocycles. The van der Waals surface area contributed by atoms with Crippen molar-refractivity contribution in [3.05, 3.63) is 53.6 Å². The summed E-state index contributed by atoms with van der Waals surface area (Å²) in [4.78, 5) is 27.5. The predicted molar refractivity (Wildman–Crippen MR) is 113 cm³/mol. The Bertz CT molecular complexity index is 894. The minimum Gasteiger partial charge on any atom is -0.497 e. The summed E-state index contributed by atoms with van der Waals surface area (Å²) in [7, 11) is 1.54. The van der Waals surface area contributed by atoms with Crippen molar-refractivity contribution in [2.24, 2.45) is 0 Å². The van der Waals surface area contributed by atoms with E-state index in [1.54, 1.807) is 55.6 Å². The smallest absolute Gasteiger partial charge is 0.331 e. The van der Waals surface area contributed by atoms with Crippen molar-refractivity contribution >= 4 is 29.2 Å². The van der Waals surface area contributed by atoms with E-state index in [1.165, 1.54) is 9.80 Å². The summed E-state index contributed by atoms with van der Waals surface area (Å²) in [6, 6.07) is 13.7. The fourth-order valence-electron chi connectivity index (χ4n) is 3.01. The van der Waals surface area contributed by atoms with E-state index in [0.717, 1.165) is 0 Å². The fraction of sp³-hybridized carbons (Fsp3) is 0.333. The average molecular weight is 434 g/mol. The van der Waals surface area contributed by atoms with Crippen molar-refractivity contribution in [3.8, 4) is 11.5 Å². The molecule has 1 heterocycles. The van der Waals surface area contributed by atoms with Gasteiger partial charge in [0.1, 0.15) is 30.8 Å². The number of rotatable bonds is 10. The van der Waals surface area contributed by atoms with Crippen LogP contribution in [0.4, 0.5) is 10.5 Å². The van der Waals surface area contributed by atoms with Crippen LogP contribution in [0.3, 0.4) is 0 Å². The third-order valence-electron chi connectivity index (χ3n) is 4.58. The number of halogens is 1. The molecule has 8 nitrogen and oxygen atoms in total. The van der Waals surface area contributed by atoms with Crippen LogP contribution in [0.15, 0.2) is 48.5 Å². The molecule has 30 heavy (non-hydrogen) atoms. The standard InChI is InChI=1S/C21H24ClN3O5/c1-29-17-6-4-5-15(11-17)25-13-20(27)24(21(25)28)10-9-23-12-16(26)14-30-19-8-3-2-7-18(19)22/h2-8,11,16,23,26H,9-10,12-14H2,1H3. The molecule has 1 atom stereocenters. The SMILES string of the molecule is COc1cccc(N2CC(=O)N(CCNCC(O)COc3ccccc3Cl)C2=O)c1. The number of amides is 3. The first-order valence-electron chi connectivity index (χ1n) is 9.51. The Morgan fingerprint density at radius 3 is 2.77 bits per heavy atom. The maximum Gasteiger partial charge on any atom is 0.331 e. The lowest BCUT2D eigenvalue weighted by Crippen LogP contribution is -2.40. The highest BCUT2D eigenvalue weighted by Gasteiger charge is 2.36. The van der Waals surface area contributed by atoms with Gasteiger partial charge in [0, 0.05) is 31.4 Å². The van der Waals surface area contributed by atoms with Crippen molar-refractivity contribution in [2.45, 2.75) is 6.10 Å². The number of para-hydroxylation sites is 1. The number of carbonyl (C=O) groups excluding carboxylic acids is 2. The molecular formula is C21H24ClN3O5. The van der Waals surface area contributed by atoms with Crippen molar-refractivity contribution in [1.82, 2.24) is 10.2 Å². The first-order valence-corrected chi connectivity index (χ1v) is 9.89. The number of ether oxygens (including phenoxy) is 2. The Hall–Kier alpha value is -2.81. The number of hydrogen-bond acceptors (Lipinski definition) is 6. The molecule has 2 aromatic rings. The van der Waals surface area contributed by atoms with Crippen LogP contribution in [0.25, 0.3) is 0 Å². The van der Waals surface area contributed by atoms with Gasteiger partial charge in [-0.25, -0.2) is 4.79 Å². The van der Waals surface area contributed by atoms with Crippen LogP contribution >= 0.6 is 11.6 Å². The van der Waals surface area contributed by atoms with Crippen LogP contribution in [0, 0.1) is 0 Å². The number of hydrogen-bond donors (Lipinski definition) is 2. The topological polar surface area (TPSA) is 91.3 Å². The maximum absolute atomic E-state index is 12.6. The predicted octanol–water partition coefficient (Wildman–Crippen LogP) is 2.15. The second kappa shape index (κ2) is 10.3. The molecule has 0 aromatic heterocycles. The second-order valence-corrected chi connectivity index (χ2v) is 7.12. The van der Waals surface area contributed by atoms with E-state index in [0.29, 0.717) is 28.8 Å². The quantitative estimate of drug-likeness (QED) is 0.440. The number of benzene rings is 2. The summed E-state index contributed by atoms with van der Waals surface area (Å²) in [5.41, 5.74) is 0.607. The van der Waals surface area contributed by atoms with Crippen LogP contribution in [-0.4, -0.2) is 67.9 Å². The van der Waals surface area contributed by atoms with E-state index in [2.05, 4.69) is 5.32 Å². The van der Waals surface area contributed by atoms with Crippen LogP contribution in [0.5, 0.6) is 11.5 Å². The molecule has 2 aromatic carbocycles. The van der Waals surface area contributed by atoms with E-state index >= 15 is 0 Å². The van der Waals surface area contributed by atoms with Gasteiger partial charge in [-0.05, 0) is 24.3 Å². The maximum atomic E-state index is 12.6. The molecule has 160 valence electrons. The van der Waals surface area contributed by atoms with Gasteiger partial charge in [-0.2, -0.15) is 0 Å². The number of imide groups is 1.